The molecule has 1 aromatic carbocycles. The quantitative estimate of drug-likeness (QED) is 0.864. The van der Waals surface area contributed by atoms with Gasteiger partial charge in [0.05, 0.1) is 0 Å². The van der Waals surface area contributed by atoms with E-state index in [0.29, 0.717) is 11.8 Å². The number of nitrogens with zero attached hydrogens (tertiary/aromatic N) is 1. The number of carbonyl (C=O) groups excluding carboxylic acids is 1. The zero-order valence-electron chi connectivity index (χ0n) is 13.2. The molecule has 2 aliphatic rings. The second kappa shape index (κ2) is 8.50. The van der Waals surface area contributed by atoms with Crippen molar-refractivity contribution < 1.29 is 13.9 Å². The largest absolute Gasteiger partial charge is 0.484 e. The van der Waals surface area contributed by atoms with Crippen molar-refractivity contribution in [1.82, 2.24) is 10.2 Å². The number of nitrogens with one attached hydrogen (secondary N) is 1. The molecule has 1 aliphatic carbocycles. The Morgan fingerprint density at radius 2 is 1.83 bits per heavy atom. The van der Waals surface area contributed by atoms with Gasteiger partial charge >= 0.3 is 0 Å². The van der Waals surface area contributed by atoms with E-state index in [-0.39, 0.29) is 30.7 Å². The first-order chi connectivity index (χ1) is 10.7. The second-order valence-corrected chi connectivity index (χ2v) is 6.25. The highest BCUT2D eigenvalue weighted by Crippen LogP contribution is 2.28. The summed E-state index contributed by atoms with van der Waals surface area (Å²) in [6.07, 6.45) is 4.75. The molecule has 0 unspecified atom stereocenters. The van der Waals surface area contributed by atoms with Crippen LogP contribution in [0.5, 0.6) is 5.75 Å². The molecule has 1 heterocycles. The lowest BCUT2D eigenvalue weighted by molar-refractivity contribution is -0.134. The number of ether oxygens (including phenoxy) is 1. The van der Waals surface area contributed by atoms with Crippen molar-refractivity contribution in [2.24, 2.45) is 5.92 Å². The van der Waals surface area contributed by atoms with Crippen molar-refractivity contribution in [3.05, 3.63) is 30.1 Å². The van der Waals surface area contributed by atoms with Gasteiger partial charge in [0, 0.05) is 19.1 Å². The minimum Gasteiger partial charge on any atom is -0.484 e. The third-order valence-corrected chi connectivity index (χ3v) is 4.42. The summed E-state index contributed by atoms with van der Waals surface area (Å²) in [5.74, 6) is 1.11. The van der Waals surface area contributed by atoms with Crippen molar-refractivity contribution in [3.63, 3.8) is 0 Å². The summed E-state index contributed by atoms with van der Waals surface area (Å²) in [6, 6.07) is 6.28. The lowest BCUT2D eigenvalue weighted by Crippen LogP contribution is -2.46. The fourth-order valence-electron chi connectivity index (χ4n) is 2.76. The van der Waals surface area contributed by atoms with Gasteiger partial charge in [0.15, 0.2) is 6.61 Å². The molecule has 1 aliphatic heterocycles. The number of likely N-dealkylation sites (tertiary alicyclic amines) is 1. The number of piperidine rings is 1. The van der Waals surface area contributed by atoms with Crippen LogP contribution in [0.1, 0.15) is 25.7 Å². The van der Waals surface area contributed by atoms with Crippen molar-refractivity contribution in [3.8, 4) is 5.75 Å². The highest BCUT2D eigenvalue weighted by atomic mass is 35.5. The Morgan fingerprint density at radius 1 is 1.17 bits per heavy atom. The van der Waals surface area contributed by atoms with Crippen molar-refractivity contribution in [1.29, 1.82) is 0 Å². The van der Waals surface area contributed by atoms with Crippen LogP contribution in [0.15, 0.2) is 24.3 Å². The first-order valence-electron chi connectivity index (χ1n) is 8.10. The fourth-order valence-corrected chi connectivity index (χ4v) is 2.76. The molecule has 1 saturated heterocycles. The highest BCUT2D eigenvalue weighted by Gasteiger charge is 2.26. The summed E-state index contributed by atoms with van der Waals surface area (Å²) in [5, 5.41) is 3.60. The van der Waals surface area contributed by atoms with Crippen LogP contribution < -0.4 is 10.1 Å². The van der Waals surface area contributed by atoms with Crippen LogP contribution in [0.4, 0.5) is 4.39 Å². The van der Waals surface area contributed by atoms with Gasteiger partial charge in [-0.3, -0.25) is 4.79 Å². The third kappa shape index (κ3) is 5.66. The molecule has 2 fully saturated rings. The molecule has 1 aromatic rings. The van der Waals surface area contributed by atoms with Crippen LogP contribution in [-0.4, -0.2) is 43.1 Å². The lowest BCUT2D eigenvalue weighted by atomic mass is 10.0. The van der Waals surface area contributed by atoms with E-state index in [1.165, 1.54) is 37.1 Å². The second-order valence-electron chi connectivity index (χ2n) is 6.25. The molecule has 0 radical (unpaired) electrons. The lowest BCUT2D eigenvalue weighted by Gasteiger charge is -2.32. The Bertz CT molecular complexity index is 500. The first-order valence-corrected chi connectivity index (χ1v) is 8.10. The Morgan fingerprint density at radius 3 is 2.43 bits per heavy atom. The van der Waals surface area contributed by atoms with E-state index in [4.69, 9.17) is 4.74 Å². The molecule has 0 spiro atoms. The van der Waals surface area contributed by atoms with Crippen LogP contribution in [0, 0.1) is 11.7 Å². The maximum atomic E-state index is 12.8. The predicted octanol–water partition coefficient (Wildman–Crippen LogP) is 2.62. The molecule has 6 heteroatoms. The van der Waals surface area contributed by atoms with Crippen molar-refractivity contribution in [2.75, 3.05) is 26.2 Å². The van der Waals surface area contributed by atoms with E-state index in [1.54, 1.807) is 0 Å². The average Bonchev–Trinajstić information content (AvgIpc) is 3.37. The average molecular weight is 343 g/mol. The summed E-state index contributed by atoms with van der Waals surface area (Å²) < 4.78 is 18.2. The summed E-state index contributed by atoms with van der Waals surface area (Å²) in [6.45, 7) is 2.72. The molecular formula is C17H24ClFN2O2. The maximum Gasteiger partial charge on any atom is 0.260 e. The topological polar surface area (TPSA) is 41.6 Å². The summed E-state index contributed by atoms with van der Waals surface area (Å²) in [4.78, 5) is 14.0. The number of hydrogen-bond donors (Lipinski definition) is 1. The minimum atomic E-state index is -0.306. The predicted molar refractivity (Wildman–Crippen MR) is 89.5 cm³/mol. The van der Waals surface area contributed by atoms with Gasteiger partial charge in [-0.2, -0.15) is 0 Å². The molecule has 1 N–H and O–H groups in total. The standard InChI is InChI=1S/C17H23FN2O2.ClH/c18-14-3-5-16(6-4-14)22-12-17(21)20-9-7-15(8-10-20)19-11-13-1-2-13;/h3-6,13,15,19H,1-2,7-12H2;1H. The molecule has 0 bridgehead atoms. The van der Waals surface area contributed by atoms with E-state index in [2.05, 4.69) is 5.32 Å². The SMILES string of the molecule is Cl.O=C(COc1ccc(F)cc1)N1CCC(NCC2CC2)CC1. The van der Waals surface area contributed by atoms with Gasteiger partial charge in [0.25, 0.3) is 5.91 Å². The van der Waals surface area contributed by atoms with Gasteiger partial charge in [-0.05, 0) is 62.4 Å². The maximum absolute atomic E-state index is 12.8. The zero-order valence-corrected chi connectivity index (χ0v) is 14.0. The summed E-state index contributed by atoms with van der Waals surface area (Å²) in [5.41, 5.74) is 0. The minimum absolute atomic E-state index is 0. The molecule has 1 saturated carbocycles. The Kier molecular flexibility index (Phi) is 6.66. The van der Waals surface area contributed by atoms with E-state index >= 15 is 0 Å². The van der Waals surface area contributed by atoms with E-state index < -0.39 is 0 Å². The molecule has 0 aromatic heterocycles. The van der Waals surface area contributed by atoms with Gasteiger partial charge in [0.1, 0.15) is 11.6 Å². The summed E-state index contributed by atoms with van der Waals surface area (Å²) >= 11 is 0. The number of rotatable bonds is 6. The normalized spacial score (nSPS) is 18.4. The Hall–Kier alpha value is -1.33. The number of amides is 1. The monoisotopic (exact) mass is 342 g/mol. The summed E-state index contributed by atoms with van der Waals surface area (Å²) in [7, 11) is 0. The van der Waals surface area contributed by atoms with Crippen LogP contribution in [0.3, 0.4) is 0 Å². The number of halogens is 2. The molecule has 0 atom stereocenters. The molecule has 4 nitrogen and oxygen atoms in total. The van der Waals surface area contributed by atoms with E-state index in [1.807, 2.05) is 4.90 Å². The molecule has 1 amide bonds. The molecule has 3 rings (SSSR count). The molecule has 23 heavy (non-hydrogen) atoms. The Labute approximate surface area is 142 Å². The van der Waals surface area contributed by atoms with Gasteiger partial charge in [-0.25, -0.2) is 4.39 Å². The van der Waals surface area contributed by atoms with E-state index in [9.17, 15) is 9.18 Å². The fraction of sp³-hybridized carbons (Fsp3) is 0.588. The van der Waals surface area contributed by atoms with Gasteiger partial charge in [0.2, 0.25) is 0 Å². The molecular weight excluding hydrogens is 319 g/mol. The van der Waals surface area contributed by atoms with Crippen molar-refractivity contribution in [2.45, 2.75) is 31.7 Å². The zero-order chi connectivity index (χ0) is 15.4. The smallest absolute Gasteiger partial charge is 0.260 e. The number of carbonyl (C=O) groups is 1. The van der Waals surface area contributed by atoms with Crippen LogP contribution in [0.25, 0.3) is 0 Å². The van der Waals surface area contributed by atoms with Gasteiger partial charge in [-0.1, -0.05) is 0 Å². The van der Waals surface area contributed by atoms with Crippen molar-refractivity contribution >= 4 is 18.3 Å². The van der Waals surface area contributed by atoms with Crippen LogP contribution >= 0.6 is 12.4 Å². The number of hydrogen-bond acceptors (Lipinski definition) is 3. The Balaban J connectivity index is 0.00000192. The third-order valence-electron chi connectivity index (χ3n) is 4.42. The van der Waals surface area contributed by atoms with Gasteiger partial charge in [-0.15, -0.1) is 12.4 Å². The number of benzene rings is 1. The first kappa shape index (κ1) is 18.0. The van der Waals surface area contributed by atoms with Crippen LogP contribution in [-0.2, 0) is 4.79 Å². The van der Waals surface area contributed by atoms with Gasteiger partial charge < -0.3 is 15.0 Å². The highest BCUT2D eigenvalue weighted by molar-refractivity contribution is 5.85. The van der Waals surface area contributed by atoms with E-state index in [0.717, 1.165) is 38.4 Å². The van der Waals surface area contributed by atoms with Crippen LogP contribution in [0.2, 0.25) is 0 Å². The molecule has 128 valence electrons.